The first-order chi connectivity index (χ1) is 12.7. The fourth-order valence-electron chi connectivity index (χ4n) is 4.49. The molecule has 0 atom stereocenters. The predicted molar refractivity (Wildman–Crippen MR) is 107 cm³/mol. The molecule has 1 aliphatic carbocycles. The molecule has 0 saturated heterocycles. The van der Waals surface area contributed by atoms with Crippen LogP contribution < -0.4 is 0 Å². The van der Waals surface area contributed by atoms with Crippen molar-refractivity contribution in [2.45, 2.75) is 122 Å². The third kappa shape index (κ3) is 6.49. The van der Waals surface area contributed by atoms with Crippen LogP contribution in [0.15, 0.2) is 9.98 Å². The molecule has 1 fully saturated rings. The van der Waals surface area contributed by atoms with E-state index in [9.17, 15) is 9.59 Å². The van der Waals surface area contributed by atoms with Crippen molar-refractivity contribution in [3.8, 4) is 0 Å². The van der Waals surface area contributed by atoms with Crippen molar-refractivity contribution < 1.29 is 9.59 Å². The lowest BCUT2D eigenvalue weighted by Crippen LogP contribution is -2.54. The number of hydrogen-bond acceptors (Lipinski definition) is 4. The molecular weight excluding hydrogens is 324 g/mol. The molecule has 0 radical (unpaired) electrons. The molecule has 0 amide bonds. The summed E-state index contributed by atoms with van der Waals surface area (Å²) in [5.41, 5.74) is -0.999. The topological polar surface area (TPSA) is 58.9 Å². The van der Waals surface area contributed by atoms with Crippen LogP contribution in [0.3, 0.4) is 0 Å². The molecule has 0 aromatic rings. The minimum absolute atomic E-state index is 0.128. The summed E-state index contributed by atoms with van der Waals surface area (Å²) in [7, 11) is 0. The number of aliphatic imine (C=N–C) groups is 2. The molecule has 0 aromatic heterocycles. The van der Waals surface area contributed by atoms with E-state index in [1.54, 1.807) is 12.2 Å². The molecule has 1 saturated carbocycles. The Morgan fingerprint density at radius 1 is 0.654 bits per heavy atom. The fourth-order valence-corrected chi connectivity index (χ4v) is 4.49. The zero-order chi connectivity index (χ0) is 19.1. The smallest absolute Gasteiger partial charge is 0.211 e. The molecule has 0 heterocycles. The van der Waals surface area contributed by atoms with Gasteiger partial charge in [-0.05, 0) is 25.7 Å². The molecule has 4 heteroatoms. The van der Waals surface area contributed by atoms with Gasteiger partial charge in [-0.2, -0.15) is 9.98 Å². The maximum Gasteiger partial charge on any atom is 0.237 e. The molecule has 0 aromatic carbocycles. The third-order valence-corrected chi connectivity index (χ3v) is 6.28. The Morgan fingerprint density at radius 2 is 1.08 bits per heavy atom. The van der Waals surface area contributed by atoms with Gasteiger partial charge in [-0.15, -0.1) is 0 Å². The van der Waals surface area contributed by atoms with Gasteiger partial charge in [0.1, 0.15) is 0 Å². The highest BCUT2D eigenvalue weighted by molar-refractivity contribution is 5.41. The second-order valence-electron chi connectivity index (χ2n) is 8.04. The van der Waals surface area contributed by atoms with Crippen LogP contribution in [0.4, 0.5) is 0 Å². The SMILES string of the molecule is CCCCCCCCC1(CCCCCCCC)CCC1(N=C=O)N=C=O. The Kier molecular flexibility index (Phi) is 11.4. The van der Waals surface area contributed by atoms with Crippen molar-refractivity contribution in [3.05, 3.63) is 0 Å². The highest BCUT2D eigenvalue weighted by Crippen LogP contribution is 2.59. The van der Waals surface area contributed by atoms with E-state index in [0.29, 0.717) is 6.42 Å². The first-order valence-corrected chi connectivity index (χ1v) is 10.9. The minimum Gasteiger partial charge on any atom is -0.211 e. The summed E-state index contributed by atoms with van der Waals surface area (Å²) in [6.45, 7) is 4.46. The molecule has 148 valence electrons. The molecule has 26 heavy (non-hydrogen) atoms. The second-order valence-corrected chi connectivity index (χ2v) is 8.04. The van der Waals surface area contributed by atoms with Crippen molar-refractivity contribution in [1.82, 2.24) is 0 Å². The van der Waals surface area contributed by atoms with E-state index in [-0.39, 0.29) is 5.41 Å². The Labute approximate surface area is 160 Å². The van der Waals surface area contributed by atoms with E-state index < -0.39 is 5.66 Å². The second kappa shape index (κ2) is 13.0. The number of rotatable bonds is 16. The highest BCUT2D eigenvalue weighted by Gasteiger charge is 2.59. The highest BCUT2D eigenvalue weighted by atomic mass is 16.1. The van der Waals surface area contributed by atoms with Crippen molar-refractivity contribution in [2.24, 2.45) is 15.4 Å². The Bertz CT molecular complexity index is 443. The molecule has 0 bridgehead atoms. The molecule has 0 spiro atoms. The van der Waals surface area contributed by atoms with Crippen LogP contribution in [0.1, 0.15) is 117 Å². The number of hydrogen-bond donors (Lipinski definition) is 0. The van der Waals surface area contributed by atoms with Gasteiger partial charge in [0.05, 0.1) is 0 Å². The minimum atomic E-state index is -0.872. The number of unbranched alkanes of at least 4 members (excludes halogenated alkanes) is 10. The average Bonchev–Trinajstić information content (AvgIpc) is 2.64. The fraction of sp³-hybridized carbons (Fsp3) is 0.909. The summed E-state index contributed by atoms with van der Waals surface area (Å²) < 4.78 is 0. The van der Waals surface area contributed by atoms with Gasteiger partial charge < -0.3 is 0 Å². The van der Waals surface area contributed by atoms with Crippen molar-refractivity contribution in [2.75, 3.05) is 0 Å². The average molecular weight is 363 g/mol. The van der Waals surface area contributed by atoms with Gasteiger partial charge in [-0.3, -0.25) is 0 Å². The quantitative estimate of drug-likeness (QED) is 0.176. The Balaban J connectivity index is 2.63. The maximum absolute atomic E-state index is 11.0. The number of carbonyl (C=O) groups excluding carboxylic acids is 2. The summed E-state index contributed by atoms with van der Waals surface area (Å²) in [6, 6.07) is 0. The van der Waals surface area contributed by atoms with E-state index in [1.165, 1.54) is 64.2 Å². The van der Waals surface area contributed by atoms with E-state index >= 15 is 0 Å². The van der Waals surface area contributed by atoms with E-state index in [1.807, 2.05) is 0 Å². The summed E-state index contributed by atoms with van der Waals surface area (Å²) in [6.07, 6.45) is 22.0. The Morgan fingerprint density at radius 3 is 1.42 bits per heavy atom. The van der Waals surface area contributed by atoms with Crippen molar-refractivity contribution in [1.29, 1.82) is 0 Å². The van der Waals surface area contributed by atoms with Crippen molar-refractivity contribution in [3.63, 3.8) is 0 Å². The summed E-state index contributed by atoms with van der Waals surface area (Å²) in [5, 5.41) is 0. The maximum atomic E-state index is 11.0. The van der Waals surface area contributed by atoms with E-state index in [4.69, 9.17) is 0 Å². The van der Waals surface area contributed by atoms with E-state index in [0.717, 1.165) is 32.1 Å². The standard InChI is InChI=1S/C22H38N2O2/c1-3-5-7-9-11-13-15-21(16-14-12-10-8-6-4-2)17-18-22(21,23-19-25)24-20-26/h3-18H2,1-2H3. The Hall–Kier alpha value is -1.24. The summed E-state index contributed by atoms with van der Waals surface area (Å²) in [5.74, 6) is 0. The third-order valence-electron chi connectivity index (χ3n) is 6.28. The largest absolute Gasteiger partial charge is 0.237 e. The normalized spacial score (nSPS) is 20.7. The van der Waals surface area contributed by atoms with Gasteiger partial charge >= 0.3 is 0 Å². The number of isocyanates is 2. The lowest BCUT2D eigenvalue weighted by molar-refractivity contribution is -0.0158. The molecule has 1 rings (SSSR count). The molecule has 4 nitrogen and oxygen atoms in total. The van der Waals surface area contributed by atoms with Gasteiger partial charge in [0.2, 0.25) is 12.2 Å². The van der Waals surface area contributed by atoms with Gasteiger partial charge in [0, 0.05) is 5.41 Å². The van der Waals surface area contributed by atoms with Gasteiger partial charge in [-0.25, -0.2) is 9.59 Å². The van der Waals surface area contributed by atoms with E-state index in [2.05, 4.69) is 23.8 Å². The lowest BCUT2D eigenvalue weighted by Gasteiger charge is -2.53. The van der Waals surface area contributed by atoms with Crippen LogP contribution in [0.25, 0.3) is 0 Å². The molecular formula is C22H38N2O2. The van der Waals surface area contributed by atoms with Crippen molar-refractivity contribution >= 4 is 12.2 Å². The summed E-state index contributed by atoms with van der Waals surface area (Å²) in [4.78, 5) is 30.0. The zero-order valence-corrected chi connectivity index (χ0v) is 17.0. The van der Waals surface area contributed by atoms with Crippen LogP contribution in [0.2, 0.25) is 0 Å². The van der Waals surface area contributed by atoms with Crippen LogP contribution in [-0.4, -0.2) is 17.8 Å². The first-order valence-electron chi connectivity index (χ1n) is 10.9. The van der Waals surface area contributed by atoms with Crippen LogP contribution >= 0.6 is 0 Å². The first kappa shape index (κ1) is 22.8. The van der Waals surface area contributed by atoms with Gasteiger partial charge in [0.25, 0.3) is 0 Å². The van der Waals surface area contributed by atoms with Gasteiger partial charge in [-0.1, -0.05) is 90.9 Å². The van der Waals surface area contributed by atoms with Gasteiger partial charge in [0.15, 0.2) is 5.66 Å². The number of nitrogens with zero attached hydrogens (tertiary/aromatic N) is 2. The van der Waals surface area contributed by atoms with Crippen LogP contribution in [0, 0.1) is 5.41 Å². The molecule has 0 aliphatic heterocycles. The molecule has 0 N–H and O–H groups in total. The lowest BCUT2D eigenvalue weighted by atomic mass is 9.55. The van der Waals surface area contributed by atoms with Crippen LogP contribution in [0.5, 0.6) is 0 Å². The molecule has 1 aliphatic rings. The zero-order valence-electron chi connectivity index (χ0n) is 17.0. The summed E-state index contributed by atoms with van der Waals surface area (Å²) >= 11 is 0. The predicted octanol–water partition coefficient (Wildman–Crippen LogP) is 6.64. The molecule has 0 unspecified atom stereocenters. The van der Waals surface area contributed by atoms with Crippen LogP contribution in [-0.2, 0) is 9.59 Å². The monoisotopic (exact) mass is 362 g/mol.